The molecule has 2 heterocycles. The molecule has 1 N–H and O–H groups in total. The lowest BCUT2D eigenvalue weighted by atomic mass is 10.0. The van der Waals surface area contributed by atoms with Crippen LogP contribution in [-0.4, -0.2) is 48.1 Å². The zero-order chi connectivity index (χ0) is 16.8. The number of carbonyl (C=O) groups is 2. The summed E-state index contributed by atoms with van der Waals surface area (Å²) in [4.78, 5) is 27.4. The molecule has 1 aromatic carbocycles. The van der Waals surface area contributed by atoms with Crippen molar-refractivity contribution < 1.29 is 14.3 Å². The maximum absolute atomic E-state index is 13.0. The summed E-state index contributed by atoms with van der Waals surface area (Å²) in [5.41, 5.74) is 2.88. The number of fused-ring (bicyclic) bond motifs is 1. The second-order valence-corrected chi connectivity index (χ2v) is 7.41. The zero-order valence-corrected chi connectivity index (χ0v) is 14.2. The maximum Gasteiger partial charge on any atom is 0.254 e. The third kappa shape index (κ3) is 2.81. The fourth-order valence-electron chi connectivity index (χ4n) is 4.03. The third-order valence-corrected chi connectivity index (χ3v) is 5.28. The van der Waals surface area contributed by atoms with Crippen LogP contribution in [0.2, 0.25) is 0 Å². The topological polar surface area (TPSA) is 58.6 Å². The Morgan fingerprint density at radius 1 is 1.12 bits per heavy atom. The van der Waals surface area contributed by atoms with Gasteiger partial charge in [-0.1, -0.05) is 17.2 Å². The molecule has 1 saturated carbocycles. The van der Waals surface area contributed by atoms with Gasteiger partial charge in [0, 0.05) is 24.8 Å². The minimum atomic E-state index is -0.243. The summed E-state index contributed by atoms with van der Waals surface area (Å²) in [5.74, 6) is -0.179. The summed E-state index contributed by atoms with van der Waals surface area (Å²) < 4.78 is 5.82. The van der Waals surface area contributed by atoms with Gasteiger partial charge < -0.3 is 15.0 Å². The Morgan fingerprint density at radius 2 is 1.83 bits per heavy atom. The van der Waals surface area contributed by atoms with E-state index in [0.717, 1.165) is 30.4 Å². The summed E-state index contributed by atoms with van der Waals surface area (Å²) in [5, 5.41) is 3.07. The first-order valence-corrected chi connectivity index (χ1v) is 8.84. The van der Waals surface area contributed by atoms with Crippen LogP contribution in [0.3, 0.4) is 0 Å². The average molecular weight is 328 g/mol. The average Bonchev–Trinajstić information content (AvgIpc) is 3.08. The van der Waals surface area contributed by atoms with Crippen LogP contribution in [0.25, 0.3) is 0 Å². The second kappa shape index (κ2) is 5.88. The number of hydrogen-bond donors (Lipinski definition) is 1. The Labute approximate surface area is 142 Å². The van der Waals surface area contributed by atoms with Crippen LogP contribution in [0, 0.1) is 19.8 Å². The van der Waals surface area contributed by atoms with Crippen LogP contribution in [-0.2, 0) is 9.53 Å². The van der Waals surface area contributed by atoms with Crippen molar-refractivity contribution in [1.29, 1.82) is 0 Å². The predicted octanol–water partition coefficient (Wildman–Crippen LogP) is 1.81. The number of aryl methyl sites for hydroxylation is 2. The van der Waals surface area contributed by atoms with Gasteiger partial charge in [-0.15, -0.1) is 0 Å². The van der Waals surface area contributed by atoms with E-state index < -0.39 is 0 Å². The van der Waals surface area contributed by atoms with Crippen molar-refractivity contribution in [2.75, 3.05) is 13.2 Å². The number of hydrogen-bond acceptors (Lipinski definition) is 3. The molecule has 3 aliphatic rings. The van der Waals surface area contributed by atoms with Gasteiger partial charge in [-0.05, 0) is 45.2 Å². The molecule has 1 aliphatic carbocycles. The summed E-state index contributed by atoms with van der Waals surface area (Å²) >= 11 is 0. The van der Waals surface area contributed by atoms with E-state index in [-0.39, 0.29) is 29.9 Å². The largest absolute Gasteiger partial charge is 0.375 e. The number of amides is 2. The number of ether oxygens (including phenoxy) is 1. The SMILES string of the molecule is Cc1cc(C)cc(C(=O)N2C[C@H](C(=O)NC3CC3)[C@@H]3OCC[C@H]32)c1. The van der Waals surface area contributed by atoms with E-state index >= 15 is 0 Å². The Kier molecular flexibility index (Phi) is 3.83. The van der Waals surface area contributed by atoms with Crippen molar-refractivity contribution in [1.82, 2.24) is 10.2 Å². The highest BCUT2D eigenvalue weighted by Crippen LogP contribution is 2.35. The van der Waals surface area contributed by atoms with Crippen LogP contribution in [0.4, 0.5) is 0 Å². The molecule has 128 valence electrons. The van der Waals surface area contributed by atoms with Crippen LogP contribution >= 0.6 is 0 Å². The molecule has 0 aromatic heterocycles. The van der Waals surface area contributed by atoms with E-state index in [4.69, 9.17) is 4.74 Å². The lowest BCUT2D eigenvalue weighted by Crippen LogP contribution is -2.39. The highest BCUT2D eigenvalue weighted by atomic mass is 16.5. The fraction of sp³-hybridized carbons (Fsp3) is 0.579. The highest BCUT2D eigenvalue weighted by molar-refractivity contribution is 5.96. The molecule has 2 amide bonds. The molecule has 2 saturated heterocycles. The van der Waals surface area contributed by atoms with Crippen molar-refractivity contribution in [3.63, 3.8) is 0 Å². The van der Waals surface area contributed by atoms with Crippen molar-refractivity contribution in [3.8, 4) is 0 Å². The number of nitrogens with one attached hydrogen (secondary N) is 1. The summed E-state index contributed by atoms with van der Waals surface area (Å²) in [6, 6.07) is 6.28. The van der Waals surface area contributed by atoms with Crippen LogP contribution in [0.5, 0.6) is 0 Å². The van der Waals surface area contributed by atoms with Gasteiger partial charge in [-0.2, -0.15) is 0 Å². The first kappa shape index (κ1) is 15.6. The van der Waals surface area contributed by atoms with Gasteiger partial charge in [0.25, 0.3) is 5.91 Å². The van der Waals surface area contributed by atoms with Gasteiger partial charge in [0.15, 0.2) is 0 Å². The third-order valence-electron chi connectivity index (χ3n) is 5.28. The van der Waals surface area contributed by atoms with E-state index in [9.17, 15) is 9.59 Å². The van der Waals surface area contributed by atoms with Crippen LogP contribution in [0.1, 0.15) is 40.7 Å². The van der Waals surface area contributed by atoms with E-state index in [1.807, 2.05) is 30.9 Å². The molecule has 4 rings (SSSR count). The highest BCUT2D eigenvalue weighted by Gasteiger charge is 2.51. The Bertz CT molecular complexity index is 663. The van der Waals surface area contributed by atoms with Crippen LogP contribution < -0.4 is 5.32 Å². The molecule has 24 heavy (non-hydrogen) atoms. The lowest BCUT2D eigenvalue weighted by Gasteiger charge is -2.23. The Balaban J connectivity index is 1.56. The predicted molar refractivity (Wildman–Crippen MR) is 89.8 cm³/mol. The van der Waals surface area contributed by atoms with E-state index in [1.165, 1.54) is 0 Å². The number of rotatable bonds is 3. The Hall–Kier alpha value is -1.88. The quantitative estimate of drug-likeness (QED) is 0.921. The molecule has 5 nitrogen and oxygen atoms in total. The molecule has 2 aliphatic heterocycles. The zero-order valence-electron chi connectivity index (χ0n) is 14.2. The molecule has 0 unspecified atom stereocenters. The summed E-state index contributed by atoms with van der Waals surface area (Å²) in [6.45, 7) is 5.08. The number of nitrogens with zero attached hydrogens (tertiary/aromatic N) is 1. The van der Waals surface area contributed by atoms with Gasteiger partial charge in [0.1, 0.15) is 0 Å². The normalized spacial score (nSPS) is 28.8. The second-order valence-electron chi connectivity index (χ2n) is 7.41. The summed E-state index contributed by atoms with van der Waals surface area (Å²) in [7, 11) is 0. The maximum atomic E-state index is 13.0. The number of carbonyl (C=O) groups excluding carboxylic acids is 2. The standard InChI is InChI=1S/C19H24N2O3/c1-11-7-12(2)9-13(8-11)19(23)21-10-15(17-16(21)5-6-24-17)18(22)20-14-3-4-14/h7-9,14-17H,3-6,10H2,1-2H3,(H,20,22)/t15-,16+,17-/m0/s1. The van der Waals surface area contributed by atoms with Crippen LogP contribution in [0.15, 0.2) is 18.2 Å². The lowest BCUT2D eigenvalue weighted by molar-refractivity contribution is -0.127. The van der Waals surface area contributed by atoms with Gasteiger partial charge in [-0.3, -0.25) is 9.59 Å². The number of benzene rings is 1. The first-order chi connectivity index (χ1) is 11.5. The fourth-order valence-corrected chi connectivity index (χ4v) is 4.03. The monoisotopic (exact) mass is 328 g/mol. The molecule has 3 fully saturated rings. The van der Waals surface area contributed by atoms with Crippen molar-refractivity contribution in [2.45, 2.75) is 51.3 Å². The molecule has 0 spiro atoms. The molecule has 3 atom stereocenters. The molecular formula is C19H24N2O3. The first-order valence-electron chi connectivity index (χ1n) is 8.84. The minimum absolute atomic E-state index is 0.0176. The number of likely N-dealkylation sites (tertiary alicyclic amines) is 1. The van der Waals surface area contributed by atoms with Crippen molar-refractivity contribution >= 4 is 11.8 Å². The molecule has 0 bridgehead atoms. The minimum Gasteiger partial charge on any atom is -0.375 e. The van der Waals surface area contributed by atoms with E-state index in [0.29, 0.717) is 24.8 Å². The van der Waals surface area contributed by atoms with Crippen molar-refractivity contribution in [2.24, 2.45) is 5.92 Å². The molecule has 0 radical (unpaired) electrons. The smallest absolute Gasteiger partial charge is 0.254 e. The summed E-state index contributed by atoms with van der Waals surface area (Å²) in [6.07, 6.45) is 2.80. The molecular weight excluding hydrogens is 304 g/mol. The van der Waals surface area contributed by atoms with Gasteiger partial charge in [0.05, 0.1) is 18.1 Å². The van der Waals surface area contributed by atoms with Crippen molar-refractivity contribution in [3.05, 3.63) is 34.9 Å². The van der Waals surface area contributed by atoms with Gasteiger partial charge in [-0.25, -0.2) is 0 Å². The molecule has 5 heteroatoms. The van der Waals surface area contributed by atoms with E-state index in [1.54, 1.807) is 0 Å². The molecule has 1 aromatic rings. The van der Waals surface area contributed by atoms with Gasteiger partial charge >= 0.3 is 0 Å². The van der Waals surface area contributed by atoms with Gasteiger partial charge in [0.2, 0.25) is 5.91 Å². The Morgan fingerprint density at radius 3 is 2.50 bits per heavy atom. The van der Waals surface area contributed by atoms with E-state index in [2.05, 4.69) is 11.4 Å².